The van der Waals surface area contributed by atoms with Crippen molar-refractivity contribution in [1.82, 2.24) is 19.7 Å². The summed E-state index contributed by atoms with van der Waals surface area (Å²) in [6, 6.07) is 11.2. The van der Waals surface area contributed by atoms with Crippen molar-refractivity contribution in [1.29, 1.82) is 0 Å². The molecule has 2 aliphatic heterocycles. The summed E-state index contributed by atoms with van der Waals surface area (Å²) < 4.78 is 57.6. The van der Waals surface area contributed by atoms with Gasteiger partial charge in [0.25, 0.3) is 0 Å². The molecule has 0 spiro atoms. The fraction of sp³-hybridized carbons (Fsp3) is 0.500. The van der Waals surface area contributed by atoms with Gasteiger partial charge in [0.05, 0.1) is 23.3 Å². The Balaban J connectivity index is 1.17. The SMILES string of the molecule is Cc1cccc(N2CCC(c3nnc4n3-c3ccc(Cl)cc3CN(C35CC(C(F)(F)F)(C3)C5)C4)CC2)c1F. The number of hydrogen-bond acceptors (Lipinski definition) is 4. The second-order valence-corrected chi connectivity index (χ2v) is 12.1. The molecule has 2 aromatic carbocycles. The second-order valence-electron chi connectivity index (χ2n) is 11.6. The minimum atomic E-state index is -4.15. The van der Waals surface area contributed by atoms with Crippen LogP contribution in [0.3, 0.4) is 0 Å². The third-order valence-electron chi connectivity index (χ3n) is 9.38. The predicted octanol–water partition coefficient (Wildman–Crippen LogP) is 6.55. The maximum atomic E-state index is 14.7. The van der Waals surface area contributed by atoms with Crippen molar-refractivity contribution in [2.45, 2.75) is 69.8 Å². The lowest BCUT2D eigenvalue weighted by Gasteiger charge is -2.73. The van der Waals surface area contributed by atoms with Crippen molar-refractivity contribution >= 4 is 17.3 Å². The molecule has 2 bridgehead atoms. The molecule has 200 valence electrons. The summed E-state index contributed by atoms with van der Waals surface area (Å²) in [6.07, 6.45) is -2.10. The number of halogens is 5. The van der Waals surface area contributed by atoms with Crippen LogP contribution in [0, 0.1) is 18.2 Å². The molecular formula is C28H28ClF4N5. The first-order chi connectivity index (χ1) is 18.1. The number of alkyl halides is 3. The summed E-state index contributed by atoms with van der Waals surface area (Å²) in [6.45, 7) is 4.16. The van der Waals surface area contributed by atoms with Gasteiger partial charge in [-0.05, 0) is 74.4 Å². The minimum absolute atomic E-state index is 0.138. The van der Waals surface area contributed by atoms with Crippen LogP contribution < -0.4 is 4.90 Å². The molecule has 5 aliphatic rings. The van der Waals surface area contributed by atoms with Crippen molar-refractivity contribution in [2.24, 2.45) is 5.41 Å². The predicted molar refractivity (Wildman–Crippen MR) is 136 cm³/mol. The Morgan fingerprint density at radius 3 is 2.42 bits per heavy atom. The van der Waals surface area contributed by atoms with E-state index in [1.807, 2.05) is 30.3 Å². The molecule has 0 unspecified atom stereocenters. The highest BCUT2D eigenvalue weighted by atomic mass is 35.5. The van der Waals surface area contributed by atoms with E-state index in [0.29, 0.717) is 42.5 Å². The van der Waals surface area contributed by atoms with Gasteiger partial charge in [-0.3, -0.25) is 9.47 Å². The molecule has 1 aromatic heterocycles. The van der Waals surface area contributed by atoms with Gasteiger partial charge >= 0.3 is 6.18 Å². The number of piperidine rings is 1. The molecule has 0 atom stereocenters. The largest absolute Gasteiger partial charge is 0.394 e. The Bertz CT molecular complexity index is 1410. The first-order valence-corrected chi connectivity index (χ1v) is 13.5. The van der Waals surface area contributed by atoms with Gasteiger partial charge in [-0.2, -0.15) is 13.2 Å². The summed E-state index contributed by atoms with van der Waals surface area (Å²) in [5, 5.41) is 9.78. The summed E-state index contributed by atoms with van der Waals surface area (Å²) in [5.41, 5.74) is 1.23. The van der Waals surface area contributed by atoms with Crippen LogP contribution in [0.1, 0.15) is 60.8 Å². The first-order valence-electron chi connectivity index (χ1n) is 13.1. The Labute approximate surface area is 223 Å². The molecule has 0 radical (unpaired) electrons. The number of nitrogens with zero attached hydrogens (tertiary/aromatic N) is 5. The minimum Gasteiger partial charge on any atom is -0.369 e. The van der Waals surface area contributed by atoms with E-state index in [4.69, 9.17) is 11.6 Å². The average molecular weight is 546 g/mol. The average Bonchev–Trinajstić information content (AvgIpc) is 3.15. The lowest BCUT2D eigenvalue weighted by molar-refractivity contribution is -0.364. The van der Waals surface area contributed by atoms with Gasteiger partial charge < -0.3 is 4.90 Å². The molecule has 3 aromatic rings. The monoisotopic (exact) mass is 545 g/mol. The molecule has 5 nitrogen and oxygen atoms in total. The van der Waals surface area contributed by atoms with E-state index < -0.39 is 17.1 Å². The van der Waals surface area contributed by atoms with Crippen LogP contribution in [0.2, 0.25) is 5.02 Å². The number of hydrogen-bond donors (Lipinski definition) is 0. The van der Waals surface area contributed by atoms with Crippen LogP contribution >= 0.6 is 11.6 Å². The number of fused-ring (bicyclic) bond motifs is 3. The Morgan fingerprint density at radius 1 is 0.974 bits per heavy atom. The molecule has 3 heterocycles. The number of aryl methyl sites for hydroxylation is 1. The van der Waals surface area contributed by atoms with E-state index in [1.165, 1.54) is 0 Å². The molecule has 8 rings (SSSR count). The molecule has 0 amide bonds. The zero-order valence-corrected chi connectivity index (χ0v) is 21.8. The molecule has 0 N–H and O–H groups in total. The Kier molecular flexibility index (Phi) is 5.25. The number of rotatable bonds is 3. The topological polar surface area (TPSA) is 37.2 Å². The van der Waals surface area contributed by atoms with Crippen LogP contribution in [-0.2, 0) is 13.1 Å². The highest BCUT2D eigenvalue weighted by Gasteiger charge is 2.79. The lowest BCUT2D eigenvalue weighted by atomic mass is 9.38. The molecule has 3 aliphatic carbocycles. The molecule has 10 heteroatoms. The molecule has 1 saturated heterocycles. The highest BCUT2D eigenvalue weighted by Crippen LogP contribution is 2.75. The Morgan fingerprint density at radius 2 is 1.71 bits per heavy atom. The smallest absolute Gasteiger partial charge is 0.369 e. The third kappa shape index (κ3) is 3.47. The maximum absolute atomic E-state index is 14.7. The fourth-order valence-electron chi connectivity index (χ4n) is 7.25. The third-order valence-corrected chi connectivity index (χ3v) is 9.61. The van der Waals surface area contributed by atoms with E-state index in [-0.39, 0.29) is 31.0 Å². The number of benzene rings is 2. The van der Waals surface area contributed by atoms with Gasteiger partial charge in [-0.1, -0.05) is 23.7 Å². The first kappa shape index (κ1) is 24.4. The standard InChI is InChI=1S/C28H28ClF4N5/c1-17-3-2-4-22(24(17)30)36-9-7-18(8-10-36)25-35-34-23-13-37(27-14-26(15-27,16-27)28(31,32)33)12-19-11-20(29)5-6-21(19)38(23)25/h2-6,11,18H,7-10,12-16H2,1H3. The Hall–Kier alpha value is -2.65. The zero-order valence-electron chi connectivity index (χ0n) is 21.0. The molecular weight excluding hydrogens is 518 g/mol. The zero-order chi connectivity index (χ0) is 26.4. The summed E-state index contributed by atoms with van der Waals surface area (Å²) in [5.74, 6) is 1.58. The lowest BCUT2D eigenvalue weighted by Crippen LogP contribution is -2.78. The second kappa shape index (κ2) is 8.18. The van der Waals surface area contributed by atoms with E-state index in [9.17, 15) is 17.6 Å². The van der Waals surface area contributed by atoms with Crippen molar-refractivity contribution in [3.63, 3.8) is 0 Å². The van der Waals surface area contributed by atoms with E-state index in [1.54, 1.807) is 13.0 Å². The van der Waals surface area contributed by atoms with Crippen molar-refractivity contribution in [3.05, 3.63) is 70.0 Å². The van der Waals surface area contributed by atoms with Crippen LogP contribution in [-0.4, -0.2) is 44.5 Å². The van der Waals surface area contributed by atoms with Gasteiger partial charge in [0, 0.05) is 36.1 Å². The number of aromatic nitrogens is 3. The van der Waals surface area contributed by atoms with Gasteiger partial charge in [0.1, 0.15) is 11.6 Å². The maximum Gasteiger partial charge on any atom is 0.394 e. The molecule has 4 fully saturated rings. The van der Waals surface area contributed by atoms with Crippen LogP contribution in [0.25, 0.3) is 5.69 Å². The number of anilines is 1. The summed E-state index contributed by atoms with van der Waals surface area (Å²) in [7, 11) is 0. The van der Waals surface area contributed by atoms with Crippen molar-refractivity contribution in [3.8, 4) is 5.69 Å². The quantitative estimate of drug-likeness (QED) is 0.350. The van der Waals surface area contributed by atoms with Crippen LogP contribution in [0.15, 0.2) is 36.4 Å². The molecule has 38 heavy (non-hydrogen) atoms. The van der Waals surface area contributed by atoms with Gasteiger partial charge in [-0.15, -0.1) is 10.2 Å². The normalized spacial score (nSPS) is 27.3. The van der Waals surface area contributed by atoms with E-state index in [2.05, 4.69) is 24.6 Å². The van der Waals surface area contributed by atoms with E-state index in [0.717, 1.165) is 35.7 Å². The van der Waals surface area contributed by atoms with Crippen molar-refractivity contribution < 1.29 is 17.6 Å². The summed E-state index contributed by atoms with van der Waals surface area (Å²) >= 11 is 6.38. The van der Waals surface area contributed by atoms with Gasteiger partial charge in [-0.25, -0.2) is 4.39 Å². The van der Waals surface area contributed by atoms with Crippen LogP contribution in [0.5, 0.6) is 0 Å². The van der Waals surface area contributed by atoms with Crippen molar-refractivity contribution in [2.75, 3.05) is 18.0 Å². The molecule has 3 saturated carbocycles. The van der Waals surface area contributed by atoms with Gasteiger partial charge in [0.2, 0.25) is 0 Å². The van der Waals surface area contributed by atoms with Crippen LogP contribution in [0.4, 0.5) is 23.2 Å². The highest BCUT2D eigenvalue weighted by molar-refractivity contribution is 6.30. The van der Waals surface area contributed by atoms with Gasteiger partial charge in [0.15, 0.2) is 5.82 Å². The summed E-state index contributed by atoms with van der Waals surface area (Å²) in [4.78, 5) is 4.25. The fourth-order valence-corrected chi connectivity index (χ4v) is 7.45. The van der Waals surface area contributed by atoms with E-state index >= 15 is 0 Å².